The second kappa shape index (κ2) is 6.35. The van der Waals surface area contributed by atoms with Crippen molar-refractivity contribution in [3.05, 3.63) is 68.8 Å². The number of non-ortho nitro benzene ring substituents is 1. The van der Waals surface area contributed by atoms with Crippen LogP contribution in [0.1, 0.15) is 40.0 Å². The lowest BCUT2D eigenvalue weighted by Gasteiger charge is -2.16. The normalized spacial score (nSPS) is 13.8. The number of nitrogens with one attached hydrogen (secondary N) is 2. The Kier molecular flexibility index (Phi) is 4.22. The monoisotopic (exact) mass is 339 g/mol. The average molecular weight is 339 g/mol. The highest BCUT2D eigenvalue weighted by molar-refractivity contribution is 5.99. The van der Waals surface area contributed by atoms with Crippen LogP contribution < -0.4 is 10.6 Å². The van der Waals surface area contributed by atoms with Crippen molar-refractivity contribution in [2.24, 2.45) is 0 Å². The zero-order valence-electron chi connectivity index (χ0n) is 13.8. The molecule has 7 nitrogen and oxygen atoms in total. The van der Waals surface area contributed by atoms with Crippen LogP contribution in [0.25, 0.3) is 0 Å². The van der Waals surface area contributed by atoms with Crippen LogP contribution >= 0.6 is 0 Å². The molecular formula is C18H17N3O4. The number of aryl methyl sites for hydroxylation is 1. The van der Waals surface area contributed by atoms with Crippen LogP contribution in [0, 0.1) is 17.0 Å². The topological polar surface area (TPSA) is 101 Å². The SMILES string of the molecule is Cc1cc([N+](=O)[O-])ccc1C(=O)NC(C)c1ccc2c(c1)CC(=O)N2. The minimum absolute atomic E-state index is 0.0367. The van der Waals surface area contributed by atoms with Gasteiger partial charge in [-0.25, -0.2) is 0 Å². The predicted octanol–water partition coefficient (Wildman–Crippen LogP) is 2.89. The highest BCUT2D eigenvalue weighted by atomic mass is 16.6. The van der Waals surface area contributed by atoms with E-state index in [4.69, 9.17) is 0 Å². The number of nitro groups is 1. The number of rotatable bonds is 4. The van der Waals surface area contributed by atoms with Gasteiger partial charge in [-0.2, -0.15) is 0 Å². The smallest absolute Gasteiger partial charge is 0.269 e. The van der Waals surface area contributed by atoms with Crippen LogP contribution in [-0.4, -0.2) is 16.7 Å². The maximum atomic E-state index is 12.5. The Morgan fingerprint density at radius 3 is 2.72 bits per heavy atom. The number of anilines is 1. The molecule has 25 heavy (non-hydrogen) atoms. The Bertz CT molecular complexity index is 892. The van der Waals surface area contributed by atoms with E-state index < -0.39 is 4.92 Å². The van der Waals surface area contributed by atoms with E-state index in [2.05, 4.69) is 10.6 Å². The summed E-state index contributed by atoms with van der Waals surface area (Å²) in [6, 6.07) is 9.49. The van der Waals surface area contributed by atoms with Crippen molar-refractivity contribution >= 4 is 23.2 Å². The summed E-state index contributed by atoms with van der Waals surface area (Å²) in [5, 5.41) is 16.5. The lowest BCUT2D eigenvalue weighted by Crippen LogP contribution is -2.27. The van der Waals surface area contributed by atoms with Crippen molar-refractivity contribution in [3.63, 3.8) is 0 Å². The van der Waals surface area contributed by atoms with Gasteiger partial charge >= 0.3 is 0 Å². The van der Waals surface area contributed by atoms with Crippen LogP contribution in [-0.2, 0) is 11.2 Å². The summed E-state index contributed by atoms with van der Waals surface area (Å²) in [7, 11) is 0. The highest BCUT2D eigenvalue weighted by Crippen LogP contribution is 2.26. The molecule has 2 aromatic rings. The third-order valence-corrected chi connectivity index (χ3v) is 4.27. The fourth-order valence-corrected chi connectivity index (χ4v) is 2.89. The number of benzene rings is 2. The lowest BCUT2D eigenvalue weighted by atomic mass is 10.0. The molecule has 0 bridgehead atoms. The van der Waals surface area contributed by atoms with Crippen molar-refractivity contribution in [2.45, 2.75) is 26.3 Å². The maximum absolute atomic E-state index is 12.5. The Morgan fingerprint density at radius 2 is 2.04 bits per heavy atom. The van der Waals surface area contributed by atoms with Gasteiger partial charge in [-0.1, -0.05) is 12.1 Å². The first-order chi connectivity index (χ1) is 11.8. The van der Waals surface area contributed by atoms with Gasteiger partial charge in [0, 0.05) is 23.4 Å². The van der Waals surface area contributed by atoms with E-state index in [0.717, 1.165) is 16.8 Å². The van der Waals surface area contributed by atoms with Gasteiger partial charge < -0.3 is 10.6 Å². The van der Waals surface area contributed by atoms with Crippen molar-refractivity contribution in [3.8, 4) is 0 Å². The Hall–Kier alpha value is -3.22. The molecule has 2 amide bonds. The Morgan fingerprint density at radius 1 is 1.28 bits per heavy atom. The van der Waals surface area contributed by atoms with Gasteiger partial charge in [-0.15, -0.1) is 0 Å². The van der Waals surface area contributed by atoms with Gasteiger partial charge in [0.05, 0.1) is 17.4 Å². The number of nitrogens with zero attached hydrogens (tertiary/aromatic N) is 1. The predicted molar refractivity (Wildman–Crippen MR) is 92.5 cm³/mol. The first-order valence-corrected chi connectivity index (χ1v) is 7.83. The summed E-state index contributed by atoms with van der Waals surface area (Å²) in [6.45, 7) is 3.52. The molecule has 1 atom stereocenters. The van der Waals surface area contributed by atoms with E-state index >= 15 is 0 Å². The van der Waals surface area contributed by atoms with E-state index in [1.165, 1.54) is 18.2 Å². The van der Waals surface area contributed by atoms with Crippen LogP contribution in [0.4, 0.5) is 11.4 Å². The average Bonchev–Trinajstić information content (AvgIpc) is 2.93. The number of carbonyl (C=O) groups is 2. The molecule has 0 spiro atoms. The minimum atomic E-state index is -0.489. The van der Waals surface area contributed by atoms with Crippen LogP contribution in [0.3, 0.4) is 0 Å². The molecular weight excluding hydrogens is 322 g/mol. The van der Waals surface area contributed by atoms with Crippen LogP contribution in [0.15, 0.2) is 36.4 Å². The summed E-state index contributed by atoms with van der Waals surface area (Å²) in [5.74, 6) is -0.333. The van der Waals surface area contributed by atoms with Gasteiger partial charge in [0.25, 0.3) is 11.6 Å². The zero-order chi connectivity index (χ0) is 18.1. The molecule has 1 aliphatic rings. The molecule has 2 aromatic carbocycles. The first kappa shape index (κ1) is 16.6. The third kappa shape index (κ3) is 3.35. The molecule has 7 heteroatoms. The molecule has 128 valence electrons. The molecule has 0 saturated carbocycles. The van der Waals surface area contributed by atoms with Gasteiger partial charge in [-0.05, 0) is 42.7 Å². The minimum Gasteiger partial charge on any atom is -0.346 e. The number of fused-ring (bicyclic) bond motifs is 1. The molecule has 1 heterocycles. The fraction of sp³-hybridized carbons (Fsp3) is 0.222. The van der Waals surface area contributed by atoms with Crippen LogP contribution in [0.2, 0.25) is 0 Å². The number of amides is 2. The molecule has 3 rings (SSSR count). The molecule has 0 aromatic heterocycles. The second-order valence-electron chi connectivity index (χ2n) is 6.09. The van der Waals surface area contributed by atoms with Crippen LogP contribution in [0.5, 0.6) is 0 Å². The quantitative estimate of drug-likeness (QED) is 0.660. The van der Waals surface area contributed by atoms with E-state index in [0.29, 0.717) is 17.5 Å². The largest absolute Gasteiger partial charge is 0.346 e. The van der Waals surface area contributed by atoms with E-state index in [9.17, 15) is 19.7 Å². The van der Waals surface area contributed by atoms with Gasteiger partial charge in [-0.3, -0.25) is 19.7 Å². The van der Waals surface area contributed by atoms with Gasteiger partial charge in [0.2, 0.25) is 5.91 Å². The lowest BCUT2D eigenvalue weighted by molar-refractivity contribution is -0.384. The molecule has 2 N–H and O–H groups in total. The fourth-order valence-electron chi connectivity index (χ4n) is 2.89. The number of hydrogen-bond donors (Lipinski definition) is 2. The molecule has 0 saturated heterocycles. The third-order valence-electron chi connectivity index (χ3n) is 4.27. The zero-order valence-corrected chi connectivity index (χ0v) is 13.8. The maximum Gasteiger partial charge on any atom is 0.269 e. The van der Waals surface area contributed by atoms with Gasteiger partial charge in [0.15, 0.2) is 0 Å². The molecule has 0 radical (unpaired) electrons. The van der Waals surface area contributed by atoms with E-state index in [1.54, 1.807) is 6.92 Å². The van der Waals surface area contributed by atoms with Crippen molar-refractivity contribution < 1.29 is 14.5 Å². The van der Waals surface area contributed by atoms with E-state index in [-0.39, 0.29) is 23.5 Å². The molecule has 0 aliphatic carbocycles. The van der Waals surface area contributed by atoms with Crippen molar-refractivity contribution in [2.75, 3.05) is 5.32 Å². The summed E-state index contributed by atoms with van der Waals surface area (Å²) in [5.41, 5.74) is 3.51. The van der Waals surface area contributed by atoms with Crippen molar-refractivity contribution in [1.82, 2.24) is 5.32 Å². The molecule has 1 unspecified atom stereocenters. The number of nitro benzene ring substituents is 1. The number of hydrogen-bond acceptors (Lipinski definition) is 4. The summed E-state index contributed by atoms with van der Waals surface area (Å²) in [6.07, 6.45) is 0.339. The molecule has 0 fully saturated rings. The molecule has 1 aliphatic heterocycles. The first-order valence-electron chi connectivity index (χ1n) is 7.83. The summed E-state index contributed by atoms with van der Waals surface area (Å²) >= 11 is 0. The second-order valence-corrected chi connectivity index (χ2v) is 6.09. The summed E-state index contributed by atoms with van der Waals surface area (Å²) < 4.78 is 0. The van der Waals surface area contributed by atoms with Crippen molar-refractivity contribution in [1.29, 1.82) is 0 Å². The summed E-state index contributed by atoms with van der Waals surface area (Å²) in [4.78, 5) is 34.2. The Labute approximate surface area is 144 Å². The Balaban J connectivity index is 1.76. The number of carbonyl (C=O) groups excluding carboxylic acids is 2. The van der Waals surface area contributed by atoms with Gasteiger partial charge in [0.1, 0.15) is 0 Å². The highest BCUT2D eigenvalue weighted by Gasteiger charge is 2.20. The standard InChI is InChI=1S/C18H17N3O4/c1-10-7-14(21(24)25)4-5-15(10)18(23)19-11(2)12-3-6-16-13(8-12)9-17(22)20-16/h3-8,11H,9H2,1-2H3,(H,19,23)(H,20,22). The van der Waals surface area contributed by atoms with E-state index in [1.807, 2.05) is 25.1 Å².